The highest BCUT2D eigenvalue weighted by Crippen LogP contribution is 2.49. The van der Waals surface area contributed by atoms with Crippen molar-refractivity contribution in [3.8, 4) is 6.07 Å². The highest BCUT2D eigenvalue weighted by molar-refractivity contribution is 6.30. The summed E-state index contributed by atoms with van der Waals surface area (Å²) in [6.07, 6.45) is 0. The first-order valence-electron chi connectivity index (χ1n) is 20.7. The number of para-hydroxylation sites is 4. The van der Waals surface area contributed by atoms with Crippen LogP contribution in [0.5, 0.6) is 0 Å². The lowest BCUT2D eigenvalue weighted by Gasteiger charge is -2.25. The largest absolute Gasteiger partial charge is 0.310 e. The standard InChI is InChI=1S/C56H32N6/c1-58-36-23-25-52-44(27-36)48-29-42(60(39-18-10-4-11-19-39)40-20-12-5-13-21-40)31-50-46-32-45-49-30-41(59(37-14-6-2-7-15-37)38-16-8-3-9-17-38)28-47-43-26-35(34-57)22-24-51(43)61(55(47)49)53(45)33-54(46)62(52)56(48)50/h2-33H. The Morgan fingerprint density at radius 3 is 1.16 bits per heavy atom. The van der Waals surface area contributed by atoms with Crippen molar-refractivity contribution in [3.63, 3.8) is 0 Å². The molecule has 0 saturated heterocycles. The third kappa shape index (κ3) is 4.72. The van der Waals surface area contributed by atoms with Gasteiger partial charge in [0.25, 0.3) is 0 Å². The zero-order chi connectivity index (χ0) is 41.1. The second kappa shape index (κ2) is 12.8. The molecule has 4 heterocycles. The molecule has 4 aromatic heterocycles. The number of hydrogen-bond donors (Lipinski definition) is 0. The fourth-order valence-corrected chi connectivity index (χ4v) is 10.1. The van der Waals surface area contributed by atoms with Gasteiger partial charge in [-0.2, -0.15) is 5.26 Å². The Bertz CT molecular complexity index is 3650. The first-order valence-corrected chi connectivity index (χ1v) is 20.7. The van der Waals surface area contributed by atoms with E-state index in [9.17, 15) is 5.26 Å². The summed E-state index contributed by atoms with van der Waals surface area (Å²) < 4.78 is 4.80. The second-order valence-electron chi connectivity index (χ2n) is 16.0. The Kier molecular flexibility index (Phi) is 7.05. The Labute approximate surface area is 355 Å². The molecule has 0 amide bonds. The van der Waals surface area contributed by atoms with Gasteiger partial charge >= 0.3 is 0 Å². The number of rotatable bonds is 6. The Hall–Kier alpha value is -8.84. The molecule has 0 spiro atoms. The molecule has 9 aromatic carbocycles. The van der Waals surface area contributed by atoms with Crippen LogP contribution in [0.4, 0.5) is 39.8 Å². The van der Waals surface area contributed by atoms with Crippen LogP contribution in [0.3, 0.4) is 0 Å². The van der Waals surface area contributed by atoms with Crippen LogP contribution in [0.15, 0.2) is 194 Å². The molecule has 0 aliphatic carbocycles. The average molecular weight is 789 g/mol. The number of nitriles is 1. The van der Waals surface area contributed by atoms with Crippen molar-refractivity contribution in [2.24, 2.45) is 0 Å². The van der Waals surface area contributed by atoms with Crippen LogP contribution >= 0.6 is 0 Å². The highest BCUT2D eigenvalue weighted by atomic mass is 15.1. The predicted molar refractivity (Wildman–Crippen MR) is 256 cm³/mol. The van der Waals surface area contributed by atoms with Crippen molar-refractivity contribution in [1.29, 1.82) is 5.26 Å². The van der Waals surface area contributed by atoms with Crippen molar-refractivity contribution in [1.82, 2.24) is 8.80 Å². The van der Waals surface area contributed by atoms with E-state index in [4.69, 9.17) is 6.57 Å². The third-order valence-corrected chi connectivity index (χ3v) is 12.7. The van der Waals surface area contributed by atoms with Gasteiger partial charge in [0, 0.05) is 71.8 Å². The van der Waals surface area contributed by atoms with E-state index in [0.717, 1.165) is 110 Å². The lowest BCUT2D eigenvalue weighted by atomic mass is 10.0. The number of nitrogens with zero attached hydrogens (tertiary/aromatic N) is 6. The van der Waals surface area contributed by atoms with E-state index in [0.29, 0.717) is 11.3 Å². The lowest BCUT2D eigenvalue weighted by molar-refractivity contribution is 1.29. The van der Waals surface area contributed by atoms with Crippen LogP contribution in [0, 0.1) is 17.9 Å². The molecule has 0 N–H and O–H groups in total. The van der Waals surface area contributed by atoms with E-state index < -0.39 is 0 Å². The van der Waals surface area contributed by atoms with E-state index in [-0.39, 0.29) is 0 Å². The molecule has 0 unspecified atom stereocenters. The van der Waals surface area contributed by atoms with Gasteiger partial charge < -0.3 is 18.6 Å². The van der Waals surface area contributed by atoms with E-state index in [2.05, 4.69) is 199 Å². The molecule has 0 aliphatic heterocycles. The molecular weight excluding hydrogens is 757 g/mol. The zero-order valence-electron chi connectivity index (χ0n) is 33.2. The molecule has 6 heteroatoms. The zero-order valence-corrected chi connectivity index (χ0v) is 33.2. The summed E-state index contributed by atoms with van der Waals surface area (Å²) in [7, 11) is 0. The predicted octanol–water partition coefficient (Wildman–Crippen LogP) is 15.3. The highest BCUT2D eigenvalue weighted by Gasteiger charge is 2.26. The first kappa shape index (κ1) is 34.1. The number of hydrogen-bond acceptors (Lipinski definition) is 3. The van der Waals surface area contributed by atoms with Gasteiger partial charge in [0.2, 0.25) is 0 Å². The molecular formula is C56H32N6. The van der Waals surface area contributed by atoms with Crippen molar-refractivity contribution >= 4 is 116 Å². The average Bonchev–Trinajstić information content (AvgIpc) is 4.05. The summed E-state index contributed by atoms with van der Waals surface area (Å²) in [5.74, 6) is 0. The monoisotopic (exact) mass is 788 g/mol. The van der Waals surface area contributed by atoms with Crippen LogP contribution < -0.4 is 9.80 Å². The molecule has 0 bridgehead atoms. The van der Waals surface area contributed by atoms with Gasteiger partial charge in [-0.1, -0.05) is 78.9 Å². The molecule has 0 atom stereocenters. The number of fused-ring (bicyclic) bond motifs is 12. The van der Waals surface area contributed by atoms with Gasteiger partial charge in [-0.3, -0.25) is 0 Å². The lowest BCUT2D eigenvalue weighted by Crippen LogP contribution is -2.09. The van der Waals surface area contributed by atoms with Gasteiger partial charge in [-0.15, -0.1) is 0 Å². The molecule has 6 nitrogen and oxygen atoms in total. The van der Waals surface area contributed by atoms with Crippen LogP contribution in [-0.4, -0.2) is 8.80 Å². The fraction of sp³-hybridized carbons (Fsp3) is 0. The smallest absolute Gasteiger partial charge is 0.188 e. The summed E-state index contributed by atoms with van der Waals surface area (Å²) in [6, 6.07) is 70.7. The van der Waals surface area contributed by atoms with Crippen LogP contribution in [-0.2, 0) is 0 Å². The first-order chi connectivity index (χ1) is 30.7. The minimum absolute atomic E-state index is 0.616. The molecule has 0 aliphatic rings. The van der Waals surface area contributed by atoms with Crippen molar-refractivity contribution in [2.45, 2.75) is 0 Å². The molecule has 13 aromatic rings. The van der Waals surface area contributed by atoms with E-state index >= 15 is 0 Å². The molecule has 13 rings (SSSR count). The van der Waals surface area contributed by atoms with Gasteiger partial charge in [0.05, 0.1) is 51.3 Å². The van der Waals surface area contributed by atoms with Gasteiger partial charge in [-0.05, 0) is 121 Å². The van der Waals surface area contributed by atoms with E-state index in [1.54, 1.807) is 0 Å². The third-order valence-electron chi connectivity index (χ3n) is 12.7. The van der Waals surface area contributed by atoms with E-state index in [1.165, 1.54) is 0 Å². The Morgan fingerprint density at radius 2 is 0.758 bits per heavy atom. The van der Waals surface area contributed by atoms with E-state index in [1.807, 2.05) is 24.3 Å². The fourth-order valence-electron chi connectivity index (χ4n) is 10.1. The number of anilines is 6. The van der Waals surface area contributed by atoms with Gasteiger partial charge in [-0.25, -0.2) is 4.85 Å². The van der Waals surface area contributed by atoms with Crippen molar-refractivity contribution in [2.75, 3.05) is 9.80 Å². The summed E-state index contributed by atoms with van der Waals surface area (Å²) in [5, 5.41) is 19.0. The molecule has 62 heavy (non-hydrogen) atoms. The van der Waals surface area contributed by atoms with Gasteiger partial charge in [0.1, 0.15) is 0 Å². The Morgan fingerprint density at radius 1 is 0.371 bits per heavy atom. The van der Waals surface area contributed by atoms with Gasteiger partial charge in [0.15, 0.2) is 5.69 Å². The minimum atomic E-state index is 0.616. The topological polar surface area (TPSA) is 43.4 Å². The quantitative estimate of drug-likeness (QED) is 0.158. The van der Waals surface area contributed by atoms with Crippen molar-refractivity contribution < 1.29 is 0 Å². The Balaban J connectivity index is 1.18. The normalized spacial score (nSPS) is 11.8. The maximum Gasteiger partial charge on any atom is 0.188 e. The van der Waals surface area contributed by atoms with Crippen LogP contribution in [0.1, 0.15) is 5.56 Å². The SMILES string of the molecule is [C-]#[N+]c1ccc2c(c1)c1cc(N(c3ccccc3)c3ccccc3)cc3c4cc5c6cc(N(c7ccccc7)c7ccccc7)cc7c8cc(C#N)ccc8n(c5cc4n2c13)c76. The molecule has 0 saturated carbocycles. The molecule has 0 radical (unpaired) electrons. The summed E-state index contributed by atoms with van der Waals surface area (Å²) in [4.78, 5) is 8.51. The summed E-state index contributed by atoms with van der Waals surface area (Å²) in [6.45, 7) is 7.95. The maximum absolute atomic E-state index is 10.1. The maximum atomic E-state index is 10.1. The minimum Gasteiger partial charge on any atom is -0.310 e. The number of aromatic nitrogens is 2. The molecule has 0 fully saturated rings. The second-order valence-corrected chi connectivity index (χ2v) is 16.0. The summed E-state index contributed by atoms with van der Waals surface area (Å²) in [5.41, 5.74) is 14.2. The van der Waals surface area contributed by atoms with Crippen LogP contribution in [0.25, 0.3) is 81.0 Å². The van der Waals surface area contributed by atoms with Crippen molar-refractivity contribution in [3.05, 3.63) is 211 Å². The molecule has 286 valence electrons. The van der Waals surface area contributed by atoms with Crippen LogP contribution in [0.2, 0.25) is 0 Å². The number of benzene rings is 9. The summed E-state index contributed by atoms with van der Waals surface area (Å²) >= 11 is 0.